The summed E-state index contributed by atoms with van der Waals surface area (Å²) in [6, 6.07) is -7.89. The first-order chi connectivity index (χ1) is 32.3. The van der Waals surface area contributed by atoms with Gasteiger partial charge in [0.15, 0.2) is 0 Å². The Hall–Kier alpha value is -6.24. The molecule has 0 unspecified atom stereocenters. The minimum atomic E-state index is -1.67. The van der Waals surface area contributed by atoms with Crippen LogP contribution < -0.4 is 37.2 Å². The Morgan fingerprint density at radius 2 is 0.721 bits per heavy atom. The van der Waals surface area contributed by atoms with Crippen molar-refractivity contribution in [2.75, 3.05) is 26.3 Å². The van der Waals surface area contributed by atoms with Crippen molar-refractivity contribution >= 4 is 71.5 Å². The van der Waals surface area contributed by atoms with Gasteiger partial charge in [-0.1, -0.05) is 77.0 Å². The number of aliphatic hydroxyl groups is 2. The number of carbonyl (C=O) groups is 12. The molecule has 5 atom stereocenters. The van der Waals surface area contributed by atoms with Gasteiger partial charge in [-0.25, -0.2) is 9.59 Å². The predicted octanol–water partition coefficient (Wildman–Crippen LogP) is -1.25. The number of rotatable bonds is 42. The van der Waals surface area contributed by atoms with Crippen LogP contribution in [-0.2, 0) is 57.5 Å². The fraction of sp³-hybridized carbons (Fsp3) is 0.721. The van der Waals surface area contributed by atoms with Crippen LogP contribution in [0.1, 0.15) is 141 Å². The summed E-state index contributed by atoms with van der Waals surface area (Å²) in [7, 11) is 0. The van der Waals surface area contributed by atoms with E-state index in [0.29, 0.717) is 12.7 Å². The fourth-order valence-corrected chi connectivity index (χ4v) is 6.55. The van der Waals surface area contributed by atoms with E-state index in [1.54, 1.807) is 0 Å². The van der Waals surface area contributed by atoms with Gasteiger partial charge in [0.05, 0.1) is 26.3 Å². The number of carboxylic acids is 4. The summed E-state index contributed by atoms with van der Waals surface area (Å²) in [6.07, 6.45) is 11.5. The smallest absolute Gasteiger partial charge is 0.326 e. The highest BCUT2D eigenvalue weighted by Gasteiger charge is 2.29. The molecule has 13 N–H and O–H groups in total. The van der Waals surface area contributed by atoms with Crippen molar-refractivity contribution in [2.45, 2.75) is 171 Å². The minimum Gasteiger partial charge on any atom is -0.481 e. The average molecular weight is 974 g/mol. The Balaban J connectivity index is 4.73. The summed E-state index contributed by atoms with van der Waals surface area (Å²) in [5.41, 5.74) is 0. The summed E-state index contributed by atoms with van der Waals surface area (Å²) in [5.74, 6) is -11.6. The molecule has 0 aromatic carbocycles. The number of hydrogen-bond acceptors (Lipinski definition) is 14. The molecule has 0 fully saturated rings. The number of carbonyl (C=O) groups excluding carboxylic acids is 8. The molecular formula is C43H71N7O18. The summed E-state index contributed by atoms with van der Waals surface area (Å²) in [6.45, 7) is -3.22. The van der Waals surface area contributed by atoms with Crippen LogP contribution in [0.15, 0.2) is 0 Å². The second-order valence-corrected chi connectivity index (χ2v) is 16.1. The molecule has 7 amide bonds. The molecule has 0 heterocycles. The van der Waals surface area contributed by atoms with Crippen LogP contribution in [0.2, 0.25) is 0 Å². The number of aldehydes is 1. The number of amides is 7. The molecule has 0 saturated heterocycles. The molecule has 0 aromatic rings. The van der Waals surface area contributed by atoms with E-state index in [1.165, 1.54) is 6.42 Å². The average Bonchev–Trinajstić information content (AvgIpc) is 3.28. The van der Waals surface area contributed by atoms with E-state index in [9.17, 15) is 78.0 Å². The van der Waals surface area contributed by atoms with E-state index >= 15 is 0 Å². The Morgan fingerprint density at radius 3 is 1.13 bits per heavy atom. The number of carboxylic acid groups (broad SMARTS) is 4. The molecule has 0 radical (unpaired) electrons. The van der Waals surface area contributed by atoms with Crippen LogP contribution in [0.5, 0.6) is 0 Å². The minimum absolute atomic E-state index is 0.0861. The van der Waals surface area contributed by atoms with Crippen molar-refractivity contribution < 1.29 is 88.2 Å². The first-order valence-electron chi connectivity index (χ1n) is 22.9. The second kappa shape index (κ2) is 37.8. The maximum absolute atomic E-state index is 12.7. The van der Waals surface area contributed by atoms with E-state index in [1.807, 2.05) is 0 Å². The molecule has 0 aromatic heterocycles. The van der Waals surface area contributed by atoms with Crippen LogP contribution in [0.4, 0.5) is 0 Å². The maximum atomic E-state index is 12.7. The van der Waals surface area contributed by atoms with Crippen LogP contribution in [0.3, 0.4) is 0 Å². The monoisotopic (exact) mass is 973 g/mol. The summed E-state index contributed by atoms with van der Waals surface area (Å²) in [5, 5.41) is 71.2. The van der Waals surface area contributed by atoms with Crippen molar-refractivity contribution in [2.24, 2.45) is 0 Å². The highest BCUT2D eigenvalue weighted by Crippen LogP contribution is 2.14. The first kappa shape index (κ1) is 61.8. The second-order valence-electron chi connectivity index (χ2n) is 16.1. The summed E-state index contributed by atoms with van der Waals surface area (Å²) >= 11 is 0. The van der Waals surface area contributed by atoms with Gasteiger partial charge in [0.1, 0.15) is 36.5 Å². The lowest BCUT2D eigenvalue weighted by Gasteiger charge is -2.22. The van der Waals surface area contributed by atoms with Gasteiger partial charge in [-0.2, -0.15) is 0 Å². The van der Waals surface area contributed by atoms with Crippen molar-refractivity contribution in [3.05, 3.63) is 0 Å². The van der Waals surface area contributed by atoms with E-state index in [-0.39, 0.29) is 19.3 Å². The van der Waals surface area contributed by atoms with E-state index in [0.717, 1.165) is 77.0 Å². The molecule has 386 valence electrons. The van der Waals surface area contributed by atoms with Gasteiger partial charge in [-0.15, -0.1) is 0 Å². The molecule has 0 aliphatic rings. The molecule has 0 rings (SSSR count). The van der Waals surface area contributed by atoms with Gasteiger partial charge in [-0.3, -0.25) is 43.2 Å². The molecule has 25 heteroatoms. The summed E-state index contributed by atoms with van der Waals surface area (Å²) < 4.78 is 0. The van der Waals surface area contributed by atoms with Gasteiger partial charge in [0.25, 0.3) is 0 Å². The number of nitrogens with one attached hydrogen (secondary N) is 7. The normalized spacial score (nSPS) is 13.0. The van der Waals surface area contributed by atoms with Crippen LogP contribution in [-0.4, -0.2) is 159 Å². The molecule has 25 nitrogen and oxygen atoms in total. The van der Waals surface area contributed by atoms with Crippen molar-refractivity contribution in [1.29, 1.82) is 0 Å². The SMILES string of the molecule is O=CCNC(=O)[C@H](CO)NC(=O)[C@H](CCC(=O)O)NC(=O)CNC(=O)[C@H](CO)NC(=O)CC[C@H](NC(=O)CC[C@H](NC(=O)CCCCCCCCCCCCCCCCC(=O)O)C(=O)O)C(=O)O. The van der Waals surface area contributed by atoms with Gasteiger partial charge in [0, 0.05) is 32.1 Å². The Bertz CT molecular complexity index is 1650. The maximum Gasteiger partial charge on any atom is 0.326 e. The molecular weight excluding hydrogens is 903 g/mol. The third-order valence-electron chi connectivity index (χ3n) is 10.4. The molecule has 0 aliphatic heterocycles. The Morgan fingerprint density at radius 1 is 0.368 bits per heavy atom. The third kappa shape index (κ3) is 31.6. The topological polar surface area (TPSA) is 410 Å². The van der Waals surface area contributed by atoms with Crippen molar-refractivity contribution in [3.8, 4) is 0 Å². The lowest BCUT2D eigenvalue weighted by atomic mass is 10.0. The van der Waals surface area contributed by atoms with Gasteiger partial charge >= 0.3 is 23.9 Å². The zero-order valence-corrected chi connectivity index (χ0v) is 38.4. The van der Waals surface area contributed by atoms with E-state index in [2.05, 4.69) is 37.2 Å². The summed E-state index contributed by atoms with van der Waals surface area (Å²) in [4.78, 5) is 143. The highest BCUT2D eigenvalue weighted by atomic mass is 16.4. The Labute approximate surface area is 394 Å². The van der Waals surface area contributed by atoms with Gasteiger partial charge < -0.3 is 72.7 Å². The molecule has 0 bridgehead atoms. The number of aliphatic carboxylic acids is 4. The number of aliphatic hydroxyl groups excluding tert-OH is 2. The predicted molar refractivity (Wildman–Crippen MR) is 238 cm³/mol. The number of unbranched alkanes of at least 4 members (excludes halogenated alkanes) is 13. The zero-order valence-electron chi connectivity index (χ0n) is 38.4. The van der Waals surface area contributed by atoms with Crippen LogP contribution >= 0.6 is 0 Å². The standard InChI is InChI=1S/C43H71N7O18/c51-24-23-44-39(62)32(27-53)50-41(64)28(19-22-38(60)61)46-36(57)25-45-40(63)31(26-52)49-35(56)21-18-30(43(67)68)48-34(55)20-17-29(42(65)66)47-33(54)15-13-11-9-7-5-3-1-2-4-6-8-10-12-14-16-37(58)59/h24,28-32,52-53H,1-23,25-27H2,(H,44,62)(H,45,63)(H,46,57)(H,47,54)(H,48,55)(H,49,56)(H,50,64)(H,58,59)(H,60,61)(H,65,66)(H,67,68)/t28-,29-,30-,31-,32-/m0/s1. The lowest BCUT2D eigenvalue weighted by Crippen LogP contribution is -2.56. The first-order valence-corrected chi connectivity index (χ1v) is 22.9. The van der Waals surface area contributed by atoms with Gasteiger partial charge in [0.2, 0.25) is 41.4 Å². The zero-order chi connectivity index (χ0) is 51.3. The molecule has 0 saturated carbocycles. The number of hydrogen-bond donors (Lipinski definition) is 13. The van der Waals surface area contributed by atoms with Crippen molar-refractivity contribution in [1.82, 2.24) is 37.2 Å². The molecule has 0 aliphatic carbocycles. The van der Waals surface area contributed by atoms with Crippen LogP contribution in [0, 0.1) is 0 Å². The quantitative estimate of drug-likeness (QED) is 0.0251. The van der Waals surface area contributed by atoms with E-state index < -0.39 is 154 Å². The Kier molecular flexibility index (Phi) is 34.3. The van der Waals surface area contributed by atoms with E-state index in [4.69, 9.17) is 10.2 Å². The lowest BCUT2D eigenvalue weighted by molar-refractivity contribution is -0.143. The third-order valence-corrected chi connectivity index (χ3v) is 10.4. The largest absolute Gasteiger partial charge is 0.481 e. The highest BCUT2D eigenvalue weighted by molar-refractivity contribution is 5.95. The van der Waals surface area contributed by atoms with Crippen LogP contribution in [0.25, 0.3) is 0 Å². The van der Waals surface area contributed by atoms with Gasteiger partial charge in [-0.05, 0) is 32.1 Å². The molecule has 0 spiro atoms. The molecule has 68 heavy (non-hydrogen) atoms. The van der Waals surface area contributed by atoms with Crippen molar-refractivity contribution in [3.63, 3.8) is 0 Å². The fourth-order valence-electron chi connectivity index (χ4n) is 6.55.